The Morgan fingerprint density at radius 2 is 1.93 bits per heavy atom. The first kappa shape index (κ1) is 19.9. The molecule has 0 saturated carbocycles. The SMILES string of the molecule is CC(C)C[C@H](NC(=O)c1ccc(Cl)cc1)C(=O)OCc1cn2ccccc2n1. The smallest absolute Gasteiger partial charge is 0.329 e. The molecule has 7 heteroatoms. The van der Waals surface area contributed by atoms with Crippen molar-refractivity contribution in [3.05, 3.63) is 71.1 Å². The van der Waals surface area contributed by atoms with Gasteiger partial charge < -0.3 is 14.5 Å². The molecule has 1 aromatic carbocycles. The molecule has 0 unspecified atom stereocenters. The van der Waals surface area contributed by atoms with E-state index in [0.29, 0.717) is 22.7 Å². The van der Waals surface area contributed by atoms with Gasteiger partial charge in [-0.05, 0) is 48.7 Å². The van der Waals surface area contributed by atoms with Gasteiger partial charge in [0.15, 0.2) is 0 Å². The number of fused-ring (bicyclic) bond motifs is 1. The van der Waals surface area contributed by atoms with Gasteiger partial charge in [0, 0.05) is 23.0 Å². The van der Waals surface area contributed by atoms with Crippen molar-refractivity contribution in [3.63, 3.8) is 0 Å². The molecule has 0 saturated heterocycles. The summed E-state index contributed by atoms with van der Waals surface area (Å²) in [6.45, 7) is 4.01. The minimum atomic E-state index is -0.736. The number of pyridine rings is 1. The van der Waals surface area contributed by atoms with Gasteiger partial charge in [-0.15, -0.1) is 0 Å². The molecule has 0 aliphatic heterocycles. The van der Waals surface area contributed by atoms with Crippen LogP contribution in [0.15, 0.2) is 54.9 Å². The van der Waals surface area contributed by atoms with E-state index >= 15 is 0 Å². The van der Waals surface area contributed by atoms with Gasteiger partial charge in [-0.3, -0.25) is 4.79 Å². The minimum absolute atomic E-state index is 0.0475. The quantitative estimate of drug-likeness (QED) is 0.612. The number of halogens is 1. The number of nitrogens with one attached hydrogen (secondary N) is 1. The fourth-order valence-electron chi connectivity index (χ4n) is 2.83. The molecular weight excluding hydrogens is 378 g/mol. The van der Waals surface area contributed by atoms with Gasteiger partial charge in [0.25, 0.3) is 5.91 Å². The average molecular weight is 400 g/mol. The van der Waals surface area contributed by atoms with Crippen LogP contribution in [0.4, 0.5) is 0 Å². The van der Waals surface area contributed by atoms with Gasteiger partial charge in [0.05, 0.1) is 5.69 Å². The van der Waals surface area contributed by atoms with Gasteiger partial charge in [-0.25, -0.2) is 9.78 Å². The number of benzene rings is 1. The lowest BCUT2D eigenvalue weighted by Crippen LogP contribution is -2.42. The van der Waals surface area contributed by atoms with Crippen LogP contribution < -0.4 is 5.32 Å². The predicted molar refractivity (Wildman–Crippen MR) is 107 cm³/mol. The lowest BCUT2D eigenvalue weighted by molar-refractivity contribution is -0.147. The molecule has 2 aromatic heterocycles. The van der Waals surface area contributed by atoms with E-state index < -0.39 is 12.0 Å². The molecule has 0 spiro atoms. The molecule has 0 aliphatic carbocycles. The van der Waals surface area contributed by atoms with E-state index in [4.69, 9.17) is 16.3 Å². The topological polar surface area (TPSA) is 72.7 Å². The van der Waals surface area contributed by atoms with Crippen LogP contribution in [0, 0.1) is 5.92 Å². The number of esters is 1. The molecule has 3 rings (SSSR count). The standard InChI is InChI=1S/C21H22ClN3O3/c1-14(2)11-18(24-20(26)15-6-8-16(22)9-7-15)21(27)28-13-17-12-25-10-4-3-5-19(25)23-17/h3-10,12,14,18H,11,13H2,1-2H3,(H,24,26)/t18-/m0/s1. The normalized spacial score (nSPS) is 12.1. The molecule has 1 amide bonds. The monoisotopic (exact) mass is 399 g/mol. The van der Waals surface area contributed by atoms with E-state index in [-0.39, 0.29) is 18.4 Å². The molecule has 28 heavy (non-hydrogen) atoms. The number of amides is 1. The molecular formula is C21H22ClN3O3. The number of nitrogens with zero attached hydrogens (tertiary/aromatic N) is 2. The third-order valence-corrected chi connectivity index (χ3v) is 4.43. The van der Waals surface area contributed by atoms with E-state index in [1.165, 1.54) is 0 Å². The highest BCUT2D eigenvalue weighted by Gasteiger charge is 2.24. The fourth-order valence-corrected chi connectivity index (χ4v) is 2.96. The number of ether oxygens (including phenoxy) is 1. The highest BCUT2D eigenvalue weighted by molar-refractivity contribution is 6.30. The molecule has 0 bridgehead atoms. The highest BCUT2D eigenvalue weighted by atomic mass is 35.5. The molecule has 2 heterocycles. The van der Waals surface area contributed by atoms with Crippen molar-refractivity contribution in [3.8, 4) is 0 Å². The Balaban J connectivity index is 1.65. The number of carbonyl (C=O) groups is 2. The van der Waals surface area contributed by atoms with Gasteiger partial charge in [0.2, 0.25) is 0 Å². The van der Waals surface area contributed by atoms with Crippen molar-refractivity contribution in [1.82, 2.24) is 14.7 Å². The van der Waals surface area contributed by atoms with E-state index in [0.717, 1.165) is 5.65 Å². The van der Waals surface area contributed by atoms with E-state index in [1.807, 2.05) is 48.8 Å². The molecule has 0 fully saturated rings. The van der Waals surface area contributed by atoms with Crippen molar-refractivity contribution in [1.29, 1.82) is 0 Å². The summed E-state index contributed by atoms with van der Waals surface area (Å²) in [5, 5.41) is 3.31. The van der Waals surface area contributed by atoms with Crippen molar-refractivity contribution < 1.29 is 14.3 Å². The summed E-state index contributed by atoms with van der Waals surface area (Å²) < 4.78 is 7.28. The van der Waals surface area contributed by atoms with Crippen molar-refractivity contribution in [2.75, 3.05) is 0 Å². The van der Waals surface area contributed by atoms with Crippen molar-refractivity contribution in [2.24, 2.45) is 5.92 Å². The third kappa shape index (κ3) is 5.10. The zero-order valence-electron chi connectivity index (χ0n) is 15.8. The summed E-state index contributed by atoms with van der Waals surface area (Å²) in [6.07, 6.45) is 4.16. The molecule has 1 N–H and O–H groups in total. The number of hydrogen-bond acceptors (Lipinski definition) is 4. The zero-order chi connectivity index (χ0) is 20.1. The number of rotatable bonds is 7. The average Bonchev–Trinajstić information content (AvgIpc) is 3.08. The first-order valence-corrected chi connectivity index (χ1v) is 9.46. The van der Waals surface area contributed by atoms with Crippen LogP contribution in [0.5, 0.6) is 0 Å². The lowest BCUT2D eigenvalue weighted by atomic mass is 10.0. The molecule has 0 radical (unpaired) electrons. The Morgan fingerprint density at radius 1 is 1.18 bits per heavy atom. The summed E-state index contributed by atoms with van der Waals surface area (Å²) in [6, 6.07) is 11.4. The lowest BCUT2D eigenvalue weighted by Gasteiger charge is -2.19. The zero-order valence-corrected chi connectivity index (χ0v) is 16.5. The maximum atomic E-state index is 12.6. The fraction of sp³-hybridized carbons (Fsp3) is 0.286. The first-order valence-electron chi connectivity index (χ1n) is 9.08. The van der Waals surface area contributed by atoms with E-state index in [1.54, 1.807) is 24.3 Å². The predicted octanol–water partition coefficient (Wildman–Crippen LogP) is 3.88. The first-order chi connectivity index (χ1) is 13.4. The van der Waals surface area contributed by atoms with Crippen LogP contribution in [-0.4, -0.2) is 27.3 Å². The summed E-state index contributed by atoms with van der Waals surface area (Å²) >= 11 is 5.86. The third-order valence-electron chi connectivity index (χ3n) is 4.18. The largest absolute Gasteiger partial charge is 0.458 e. The Labute approximate surface area is 168 Å². The molecule has 0 aliphatic rings. The summed E-state index contributed by atoms with van der Waals surface area (Å²) in [5.41, 5.74) is 1.86. The molecule has 3 aromatic rings. The summed E-state index contributed by atoms with van der Waals surface area (Å²) in [7, 11) is 0. The molecule has 6 nitrogen and oxygen atoms in total. The van der Waals surface area contributed by atoms with Crippen molar-refractivity contribution in [2.45, 2.75) is 32.9 Å². The summed E-state index contributed by atoms with van der Waals surface area (Å²) in [4.78, 5) is 29.5. The summed E-state index contributed by atoms with van der Waals surface area (Å²) in [5.74, 6) is -0.613. The van der Waals surface area contributed by atoms with Crippen molar-refractivity contribution >= 4 is 29.1 Å². The van der Waals surface area contributed by atoms with Crippen LogP contribution >= 0.6 is 11.6 Å². The minimum Gasteiger partial charge on any atom is -0.458 e. The van der Waals surface area contributed by atoms with Crippen LogP contribution in [0.1, 0.15) is 36.3 Å². The number of aromatic nitrogens is 2. The van der Waals surface area contributed by atoms with Crippen LogP contribution in [0.2, 0.25) is 5.02 Å². The van der Waals surface area contributed by atoms with Crippen LogP contribution in [0.25, 0.3) is 5.65 Å². The Hall–Kier alpha value is -2.86. The maximum Gasteiger partial charge on any atom is 0.329 e. The highest BCUT2D eigenvalue weighted by Crippen LogP contribution is 2.13. The molecule has 1 atom stereocenters. The second-order valence-electron chi connectivity index (χ2n) is 6.97. The van der Waals surface area contributed by atoms with Gasteiger partial charge in [-0.1, -0.05) is 31.5 Å². The second kappa shape index (κ2) is 8.89. The van der Waals surface area contributed by atoms with E-state index in [2.05, 4.69) is 10.3 Å². The number of hydrogen-bond donors (Lipinski definition) is 1. The van der Waals surface area contributed by atoms with Crippen LogP contribution in [0.3, 0.4) is 0 Å². The Kier molecular flexibility index (Phi) is 6.31. The molecule has 146 valence electrons. The maximum absolute atomic E-state index is 12.6. The Bertz CT molecular complexity index is 933. The number of imidazole rings is 1. The van der Waals surface area contributed by atoms with Crippen LogP contribution in [-0.2, 0) is 16.1 Å². The van der Waals surface area contributed by atoms with Gasteiger partial charge >= 0.3 is 5.97 Å². The van der Waals surface area contributed by atoms with Gasteiger partial charge in [0.1, 0.15) is 18.3 Å². The second-order valence-corrected chi connectivity index (χ2v) is 7.40. The van der Waals surface area contributed by atoms with E-state index in [9.17, 15) is 9.59 Å². The number of carbonyl (C=O) groups excluding carboxylic acids is 2. The van der Waals surface area contributed by atoms with Gasteiger partial charge in [-0.2, -0.15) is 0 Å². The Morgan fingerprint density at radius 3 is 2.61 bits per heavy atom.